The molecule has 0 radical (unpaired) electrons. The highest BCUT2D eigenvalue weighted by molar-refractivity contribution is 6.31. The normalized spacial score (nSPS) is 16.6. The van der Waals surface area contributed by atoms with E-state index in [1.54, 1.807) is 6.07 Å². The van der Waals surface area contributed by atoms with E-state index in [2.05, 4.69) is 10.4 Å². The van der Waals surface area contributed by atoms with Gasteiger partial charge in [-0.1, -0.05) is 11.6 Å². The minimum atomic E-state index is -0.441. The van der Waals surface area contributed by atoms with Crippen molar-refractivity contribution in [2.24, 2.45) is 10.8 Å². The molecule has 3 N–H and O–H groups in total. The highest BCUT2D eigenvalue weighted by Crippen LogP contribution is 2.24. The van der Waals surface area contributed by atoms with Crippen molar-refractivity contribution in [2.45, 2.75) is 18.9 Å². The van der Waals surface area contributed by atoms with Crippen LogP contribution in [0.3, 0.4) is 0 Å². The molecule has 1 aromatic carbocycles. The summed E-state index contributed by atoms with van der Waals surface area (Å²) >= 11 is 5.67. The maximum absolute atomic E-state index is 12.9. The zero-order chi connectivity index (χ0) is 10.8. The molecule has 0 atom stereocenters. The lowest BCUT2D eigenvalue weighted by molar-refractivity contribution is 0.628. The molecule has 80 valence electrons. The second kappa shape index (κ2) is 4.16. The Morgan fingerprint density at radius 3 is 2.80 bits per heavy atom. The summed E-state index contributed by atoms with van der Waals surface area (Å²) in [5.41, 5.74) is 3.21. The summed E-state index contributed by atoms with van der Waals surface area (Å²) in [6.07, 6.45) is 2.17. The van der Waals surface area contributed by atoms with Gasteiger partial charge in [0.15, 0.2) is 0 Å². The molecule has 1 fully saturated rings. The molecule has 0 aliphatic heterocycles. The topological polar surface area (TPSA) is 50.4 Å². The molecular weight excluding hydrogens is 217 g/mol. The van der Waals surface area contributed by atoms with Crippen LogP contribution in [0.1, 0.15) is 18.4 Å². The standard InChI is InChI=1S/C10H11ClFN3/c11-8-5-6(1-4-9(8)12)10(15-13)14-7-2-3-7/h1,4-5,7H,2-3,13H2,(H,14,15). The van der Waals surface area contributed by atoms with Crippen LogP contribution in [0, 0.1) is 5.82 Å². The van der Waals surface area contributed by atoms with Gasteiger partial charge in [-0.15, -0.1) is 0 Å². The second-order valence-electron chi connectivity index (χ2n) is 3.48. The largest absolute Gasteiger partial charge is 0.308 e. The first kappa shape index (κ1) is 10.4. The zero-order valence-corrected chi connectivity index (χ0v) is 8.76. The van der Waals surface area contributed by atoms with Gasteiger partial charge in [0.05, 0.1) is 11.1 Å². The molecular formula is C10H11ClFN3. The zero-order valence-electron chi connectivity index (χ0n) is 8.00. The van der Waals surface area contributed by atoms with Crippen molar-refractivity contribution in [3.8, 4) is 0 Å². The van der Waals surface area contributed by atoms with Crippen molar-refractivity contribution in [3.63, 3.8) is 0 Å². The summed E-state index contributed by atoms with van der Waals surface area (Å²) in [6, 6.07) is 4.76. The molecule has 1 aromatic rings. The number of halogens is 2. The van der Waals surface area contributed by atoms with Crippen LogP contribution in [0.4, 0.5) is 4.39 Å². The van der Waals surface area contributed by atoms with E-state index in [1.165, 1.54) is 12.1 Å². The van der Waals surface area contributed by atoms with E-state index in [4.69, 9.17) is 17.4 Å². The van der Waals surface area contributed by atoms with Gasteiger partial charge in [-0.2, -0.15) is 0 Å². The van der Waals surface area contributed by atoms with Crippen molar-refractivity contribution in [1.82, 2.24) is 5.43 Å². The summed E-state index contributed by atoms with van der Waals surface area (Å²) in [4.78, 5) is 4.35. The van der Waals surface area contributed by atoms with Gasteiger partial charge >= 0.3 is 0 Å². The molecule has 1 aliphatic carbocycles. The van der Waals surface area contributed by atoms with E-state index < -0.39 is 5.82 Å². The van der Waals surface area contributed by atoms with Gasteiger partial charge in [-0.05, 0) is 31.0 Å². The van der Waals surface area contributed by atoms with Crippen molar-refractivity contribution < 1.29 is 4.39 Å². The second-order valence-corrected chi connectivity index (χ2v) is 3.89. The third kappa shape index (κ3) is 2.46. The molecule has 1 saturated carbocycles. The summed E-state index contributed by atoms with van der Waals surface area (Å²) in [7, 11) is 0. The average Bonchev–Trinajstić information content (AvgIpc) is 3.02. The molecule has 5 heteroatoms. The Morgan fingerprint density at radius 1 is 1.53 bits per heavy atom. The molecule has 0 bridgehead atoms. The highest BCUT2D eigenvalue weighted by Gasteiger charge is 2.21. The quantitative estimate of drug-likeness (QED) is 0.351. The highest BCUT2D eigenvalue weighted by atomic mass is 35.5. The molecule has 0 aromatic heterocycles. The fraction of sp³-hybridized carbons (Fsp3) is 0.300. The Bertz CT molecular complexity index is 402. The first-order valence-corrected chi connectivity index (χ1v) is 5.08. The fourth-order valence-corrected chi connectivity index (χ4v) is 1.41. The van der Waals surface area contributed by atoms with Gasteiger partial charge in [0.2, 0.25) is 0 Å². The van der Waals surface area contributed by atoms with E-state index in [-0.39, 0.29) is 5.02 Å². The van der Waals surface area contributed by atoms with Crippen LogP contribution in [0.5, 0.6) is 0 Å². The maximum atomic E-state index is 12.9. The van der Waals surface area contributed by atoms with Crippen LogP contribution in [0.25, 0.3) is 0 Å². The monoisotopic (exact) mass is 227 g/mol. The minimum Gasteiger partial charge on any atom is -0.308 e. The summed E-state index contributed by atoms with van der Waals surface area (Å²) in [6.45, 7) is 0. The lowest BCUT2D eigenvalue weighted by atomic mass is 10.2. The number of amidine groups is 1. The maximum Gasteiger partial charge on any atom is 0.142 e. The Labute approximate surface area is 92.1 Å². The van der Waals surface area contributed by atoms with Crippen molar-refractivity contribution in [3.05, 3.63) is 34.6 Å². The van der Waals surface area contributed by atoms with Gasteiger partial charge in [0.25, 0.3) is 0 Å². The van der Waals surface area contributed by atoms with Crippen LogP contribution in [-0.2, 0) is 0 Å². The number of hydrazine groups is 1. The number of nitrogens with one attached hydrogen (secondary N) is 1. The van der Waals surface area contributed by atoms with Gasteiger partial charge in [0, 0.05) is 5.56 Å². The molecule has 1 aliphatic rings. The Morgan fingerprint density at radius 2 is 2.27 bits per heavy atom. The van der Waals surface area contributed by atoms with E-state index in [0.29, 0.717) is 17.4 Å². The fourth-order valence-electron chi connectivity index (χ4n) is 1.22. The summed E-state index contributed by atoms with van der Waals surface area (Å²) in [5, 5.41) is 0.0752. The van der Waals surface area contributed by atoms with E-state index in [1.807, 2.05) is 0 Å². The summed E-state index contributed by atoms with van der Waals surface area (Å²) in [5.74, 6) is 5.46. The number of hydrogen-bond donors (Lipinski definition) is 2. The van der Waals surface area contributed by atoms with Crippen LogP contribution in [0.2, 0.25) is 5.02 Å². The van der Waals surface area contributed by atoms with Crippen LogP contribution in [-0.4, -0.2) is 11.9 Å². The third-order valence-electron chi connectivity index (χ3n) is 2.19. The molecule has 0 saturated heterocycles. The number of nitrogens with two attached hydrogens (primary N) is 1. The first-order chi connectivity index (χ1) is 7.20. The number of benzene rings is 1. The minimum absolute atomic E-state index is 0.0752. The predicted molar refractivity (Wildman–Crippen MR) is 58.3 cm³/mol. The number of rotatable bonds is 2. The predicted octanol–water partition coefficient (Wildman–Crippen LogP) is 1.85. The number of nitrogens with zero attached hydrogens (tertiary/aromatic N) is 1. The lowest BCUT2D eigenvalue weighted by Gasteiger charge is -2.06. The molecule has 0 unspecified atom stereocenters. The van der Waals surface area contributed by atoms with Crippen molar-refractivity contribution >= 4 is 17.4 Å². The Balaban J connectivity index is 2.29. The first-order valence-electron chi connectivity index (χ1n) is 4.70. The van der Waals surface area contributed by atoms with E-state index >= 15 is 0 Å². The van der Waals surface area contributed by atoms with Crippen molar-refractivity contribution in [1.29, 1.82) is 0 Å². The van der Waals surface area contributed by atoms with Crippen LogP contribution >= 0.6 is 11.6 Å². The average molecular weight is 228 g/mol. The van der Waals surface area contributed by atoms with Gasteiger partial charge in [-0.25, -0.2) is 10.2 Å². The molecule has 15 heavy (non-hydrogen) atoms. The van der Waals surface area contributed by atoms with Crippen molar-refractivity contribution in [2.75, 3.05) is 0 Å². The smallest absolute Gasteiger partial charge is 0.142 e. The van der Waals surface area contributed by atoms with E-state index in [0.717, 1.165) is 12.8 Å². The SMILES string of the molecule is NNC(=NC1CC1)c1ccc(F)c(Cl)c1. The molecule has 0 heterocycles. The molecule has 0 spiro atoms. The molecule has 3 nitrogen and oxygen atoms in total. The van der Waals surface area contributed by atoms with E-state index in [9.17, 15) is 4.39 Å². The van der Waals surface area contributed by atoms with Gasteiger partial charge in [-0.3, -0.25) is 4.99 Å². The van der Waals surface area contributed by atoms with Crippen LogP contribution in [0.15, 0.2) is 23.2 Å². The third-order valence-corrected chi connectivity index (χ3v) is 2.48. The molecule has 0 amide bonds. The summed E-state index contributed by atoms with van der Waals surface area (Å²) < 4.78 is 12.9. The van der Waals surface area contributed by atoms with Gasteiger partial charge < -0.3 is 5.43 Å². The Hall–Kier alpha value is -1.13. The number of hydrogen-bond acceptors (Lipinski definition) is 2. The Kier molecular flexibility index (Phi) is 2.88. The lowest BCUT2D eigenvalue weighted by Crippen LogP contribution is -2.31. The number of aliphatic imine (C=N–C) groups is 1. The van der Waals surface area contributed by atoms with Gasteiger partial charge in [0.1, 0.15) is 11.7 Å². The van der Waals surface area contributed by atoms with Crippen LogP contribution < -0.4 is 11.3 Å². The molecule has 2 rings (SSSR count).